The Labute approximate surface area is 117 Å². The fraction of sp³-hybridized carbons (Fsp3) is 0.364. The van der Waals surface area contributed by atoms with Gasteiger partial charge in [0.2, 0.25) is 0 Å². The zero-order valence-corrected chi connectivity index (χ0v) is 11.9. The number of nitrogens with one attached hydrogen (secondary N) is 2. The van der Waals surface area contributed by atoms with Crippen LogP contribution in [-0.4, -0.2) is 25.5 Å². The normalized spacial score (nSPS) is 11.5. The maximum atomic E-state index is 11.8. The van der Waals surface area contributed by atoms with Crippen molar-refractivity contribution in [1.29, 1.82) is 0 Å². The van der Waals surface area contributed by atoms with Crippen LogP contribution in [0.5, 0.6) is 0 Å². The summed E-state index contributed by atoms with van der Waals surface area (Å²) in [5.41, 5.74) is 0.328. The molecule has 0 aliphatic rings. The van der Waals surface area contributed by atoms with Gasteiger partial charge in [-0.1, -0.05) is 29.3 Å². The molecule has 0 fully saturated rings. The van der Waals surface area contributed by atoms with Gasteiger partial charge in [-0.25, -0.2) is 0 Å². The van der Waals surface area contributed by atoms with Crippen LogP contribution in [0.1, 0.15) is 17.3 Å². The van der Waals surface area contributed by atoms with Crippen molar-refractivity contribution >= 4 is 41.5 Å². The van der Waals surface area contributed by atoms with E-state index in [1.807, 2.05) is 14.0 Å². The number of amides is 1. The van der Waals surface area contributed by atoms with Crippen LogP contribution in [0.4, 0.5) is 0 Å². The molecule has 1 aromatic rings. The molecule has 3 nitrogen and oxygen atoms in total. The lowest BCUT2D eigenvalue weighted by Gasteiger charge is -2.12. The van der Waals surface area contributed by atoms with Gasteiger partial charge in [0.15, 0.2) is 0 Å². The number of rotatable bonds is 4. The van der Waals surface area contributed by atoms with Crippen molar-refractivity contribution in [2.24, 2.45) is 0 Å². The molecule has 6 heteroatoms. The zero-order chi connectivity index (χ0) is 12.1. The number of hydrogen-bond donors (Lipinski definition) is 2. The van der Waals surface area contributed by atoms with Gasteiger partial charge in [0, 0.05) is 12.6 Å². The van der Waals surface area contributed by atoms with Gasteiger partial charge >= 0.3 is 0 Å². The van der Waals surface area contributed by atoms with Crippen molar-refractivity contribution in [2.45, 2.75) is 13.0 Å². The summed E-state index contributed by atoms with van der Waals surface area (Å²) in [6, 6.07) is 5.19. The number of halogens is 3. The third-order valence-electron chi connectivity index (χ3n) is 2.25. The Morgan fingerprint density at radius 1 is 1.35 bits per heavy atom. The van der Waals surface area contributed by atoms with Crippen LogP contribution >= 0.6 is 35.6 Å². The lowest BCUT2D eigenvalue weighted by molar-refractivity contribution is 0.0951. The van der Waals surface area contributed by atoms with E-state index in [0.29, 0.717) is 22.2 Å². The second kappa shape index (κ2) is 7.77. The molecule has 2 N–H and O–H groups in total. The van der Waals surface area contributed by atoms with Gasteiger partial charge in [-0.15, -0.1) is 12.4 Å². The molecule has 1 amide bonds. The highest BCUT2D eigenvalue weighted by atomic mass is 35.5. The molecule has 17 heavy (non-hydrogen) atoms. The molecule has 0 saturated heterocycles. The van der Waals surface area contributed by atoms with Gasteiger partial charge in [0.05, 0.1) is 15.6 Å². The summed E-state index contributed by atoms with van der Waals surface area (Å²) in [5, 5.41) is 6.51. The van der Waals surface area contributed by atoms with E-state index in [0.717, 1.165) is 0 Å². The average molecular weight is 298 g/mol. The maximum absolute atomic E-state index is 11.8. The van der Waals surface area contributed by atoms with E-state index in [9.17, 15) is 4.79 Å². The molecule has 0 aromatic heterocycles. The fourth-order valence-corrected chi connectivity index (χ4v) is 1.72. The first kappa shape index (κ1) is 16.5. The molecule has 0 aliphatic heterocycles. The van der Waals surface area contributed by atoms with Crippen molar-refractivity contribution in [3.8, 4) is 0 Å². The largest absolute Gasteiger partial charge is 0.350 e. The quantitative estimate of drug-likeness (QED) is 0.897. The van der Waals surface area contributed by atoms with E-state index >= 15 is 0 Å². The minimum atomic E-state index is -0.252. The number of likely N-dealkylation sites (N-methyl/N-ethyl adjacent to an activating group) is 1. The lowest BCUT2D eigenvalue weighted by atomic mass is 10.2. The van der Waals surface area contributed by atoms with Gasteiger partial charge in [-0.05, 0) is 26.1 Å². The molecule has 0 aliphatic carbocycles. The lowest BCUT2D eigenvalue weighted by Crippen LogP contribution is -2.37. The minimum absolute atomic E-state index is 0. The van der Waals surface area contributed by atoms with Crippen molar-refractivity contribution in [1.82, 2.24) is 10.6 Å². The van der Waals surface area contributed by atoms with E-state index in [4.69, 9.17) is 23.2 Å². The van der Waals surface area contributed by atoms with Crippen LogP contribution in [-0.2, 0) is 0 Å². The third kappa shape index (κ3) is 4.72. The second-order valence-electron chi connectivity index (χ2n) is 3.50. The molecule has 0 saturated carbocycles. The minimum Gasteiger partial charge on any atom is -0.350 e. The number of carbonyl (C=O) groups excluding carboxylic acids is 1. The van der Waals surface area contributed by atoms with Gasteiger partial charge in [0.1, 0.15) is 0 Å². The van der Waals surface area contributed by atoms with Crippen LogP contribution in [0.25, 0.3) is 0 Å². The predicted octanol–water partition coefficient (Wildman–Crippen LogP) is 2.75. The summed E-state index contributed by atoms with van der Waals surface area (Å²) in [6.45, 7) is 2.49. The Hall–Kier alpha value is -0.480. The van der Waals surface area contributed by atoms with Gasteiger partial charge in [0.25, 0.3) is 5.91 Å². The first-order chi connectivity index (χ1) is 7.56. The van der Waals surface area contributed by atoms with Crippen molar-refractivity contribution in [2.75, 3.05) is 13.6 Å². The Morgan fingerprint density at radius 2 is 1.88 bits per heavy atom. The summed E-state index contributed by atoms with van der Waals surface area (Å²) in [5.74, 6) is -0.252. The topological polar surface area (TPSA) is 41.1 Å². The summed E-state index contributed by atoms with van der Waals surface area (Å²) in [4.78, 5) is 11.8. The van der Waals surface area contributed by atoms with Crippen LogP contribution in [0, 0.1) is 0 Å². The Morgan fingerprint density at radius 3 is 2.35 bits per heavy atom. The SMILES string of the molecule is CNC(C)CNC(=O)c1c(Cl)cccc1Cl.Cl. The molecule has 0 bridgehead atoms. The van der Waals surface area contributed by atoms with Crippen LogP contribution in [0.2, 0.25) is 10.0 Å². The summed E-state index contributed by atoms with van der Waals surface area (Å²) in [6.07, 6.45) is 0. The van der Waals surface area contributed by atoms with Crippen LogP contribution in [0.3, 0.4) is 0 Å². The Kier molecular flexibility index (Phi) is 7.55. The molecule has 96 valence electrons. The maximum Gasteiger partial charge on any atom is 0.254 e. The third-order valence-corrected chi connectivity index (χ3v) is 2.88. The second-order valence-corrected chi connectivity index (χ2v) is 4.31. The molecule has 0 radical (unpaired) electrons. The van der Waals surface area contributed by atoms with Gasteiger partial charge in [-0.2, -0.15) is 0 Å². The van der Waals surface area contributed by atoms with Crippen LogP contribution in [0.15, 0.2) is 18.2 Å². The summed E-state index contributed by atoms with van der Waals surface area (Å²) < 4.78 is 0. The monoisotopic (exact) mass is 296 g/mol. The highest BCUT2D eigenvalue weighted by molar-refractivity contribution is 6.39. The first-order valence-electron chi connectivity index (χ1n) is 4.95. The van der Waals surface area contributed by atoms with E-state index in [1.165, 1.54) is 0 Å². The molecular weight excluding hydrogens is 282 g/mol. The van der Waals surface area contributed by atoms with Crippen molar-refractivity contribution < 1.29 is 4.79 Å². The van der Waals surface area contributed by atoms with Gasteiger partial charge < -0.3 is 10.6 Å². The van der Waals surface area contributed by atoms with E-state index < -0.39 is 0 Å². The number of benzene rings is 1. The van der Waals surface area contributed by atoms with E-state index in [1.54, 1.807) is 18.2 Å². The highest BCUT2D eigenvalue weighted by Gasteiger charge is 2.14. The first-order valence-corrected chi connectivity index (χ1v) is 5.71. The van der Waals surface area contributed by atoms with Crippen LogP contribution < -0.4 is 10.6 Å². The zero-order valence-electron chi connectivity index (χ0n) is 9.59. The standard InChI is InChI=1S/C11H14Cl2N2O.ClH/c1-7(14-2)6-15-11(16)10-8(12)4-3-5-9(10)13;/h3-5,7,14H,6H2,1-2H3,(H,15,16);1H. The molecule has 0 spiro atoms. The molecular formula is C11H15Cl3N2O. The Bertz CT molecular complexity index is 365. The molecule has 1 unspecified atom stereocenters. The molecule has 1 rings (SSSR count). The van der Waals surface area contributed by atoms with Gasteiger partial charge in [-0.3, -0.25) is 4.79 Å². The van der Waals surface area contributed by atoms with Crippen molar-refractivity contribution in [3.05, 3.63) is 33.8 Å². The average Bonchev–Trinajstić information content (AvgIpc) is 2.25. The van der Waals surface area contributed by atoms with E-state index in [2.05, 4.69) is 10.6 Å². The number of carbonyl (C=O) groups is 1. The fourth-order valence-electron chi connectivity index (χ4n) is 1.15. The van der Waals surface area contributed by atoms with Crippen molar-refractivity contribution in [3.63, 3.8) is 0 Å². The predicted molar refractivity (Wildman–Crippen MR) is 74.6 cm³/mol. The summed E-state index contributed by atoms with van der Waals surface area (Å²) >= 11 is 11.8. The molecule has 1 aromatic carbocycles. The summed E-state index contributed by atoms with van der Waals surface area (Å²) in [7, 11) is 1.83. The number of hydrogen-bond acceptors (Lipinski definition) is 2. The highest BCUT2D eigenvalue weighted by Crippen LogP contribution is 2.23. The Balaban J connectivity index is 0.00000256. The van der Waals surface area contributed by atoms with E-state index in [-0.39, 0.29) is 24.4 Å². The smallest absolute Gasteiger partial charge is 0.254 e. The molecule has 1 atom stereocenters. The molecule has 0 heterocycles.